The van der Waals surface area contributed by atoms with E-state index >= 15 is 0 Å². The van der Waals surface area contributed by atoms with Gasteiger partial charge in [-0.25, -0.2) is 0 Å². The van der Waals surface area contributed by atoms with Crippen molar-refractivity contribution < 1.29 is 9.15 Å². The molecule has 25 heavy (non-hydrogen) atoms. The molecule has 0 atom stereocenters. The number of nitrogens with zero attached hydrogens (tertiary/aromatic N) is 3. The molecule has 0 bridgehead atoms. The highest BCUT2D eigenvalue weighted by Gasteiger charge is 2.09. The van der Waals surface area contributed by atoms with Gasteiger partial charge in [0.2, 0.25) is 0 Å². The summed E-state index contributed by atoms with van der Waals surface area (Å²) in [6.45, 7) is 4.27. The molecule has 0 aliphatic rings. The topological polar surface area (TPSA) is 71.9 Å². The fraction of sp³-hybridized carbons (Fsp3) is 0.211. The molecule has 0 saturated carbocycles. The van der Waals surface area contributed by atoms with E-state index in [0.29, 0.717) is 22.4 Å². The van der Waals surface area contributed by atoms with Gasteiger partial charge >= 0.3 is 0 Å². The second-order valence-electron chi connectivity index (χ2n) is 5.62. The number of aryl methyl sites for hydroxylation is 2. The number of thioether (sulfide) groups is 1. The van der Waals surface area contributed by atoms with Gasteiger partial charge in [-0.2, -0.15) is 5.26 Å². The van der Waals surface area contributed by atoms with Crippen LogP contribution in [0.25, 0.3) is 0 Å². The maximum absolute atomic E-state index is 8.80. The summed E-state index contributed by atoms with van der Waals surface area (Å²) < 4.78 is 11.4. The Balaban J connectivity index is 1.55. The van der Waals surface area contributed by atoms with Gasteiger partial charge in [-0.1, -0.05) is 36.0 Å². The van der Waals surface area contributed by atoms with E-state index in [2.05, 4.69) is 16.3 Å². The molecule has 0 fully saturated rings. The molecule has 0 N–H and O–H groups in total. The average Bonchev–Trinajstić information content (AvgIpc) is 3.09. The van der Waals surface area contributed by atoms with Crippen molar-refractivity contribution in [1.82, 2.24) is 10.2 Å². The van der Waals surface area contributed by atoms with Crippen LogP contribution in [0.3, 0.4) is 0 Å². The van der Waals surface area contributed by atoms with E-state index in [9.17, 15) is 0 Å². The lowest BCUT2D eigenvalue weighted by Crippen LogP contribution is -1.97. The van der Waals surface area contributed by atoms with Crippen LogP contribution in [0.5, 0.6) is 5.75 Å². The summed E-state index contributed by atoms with van der Waals surface area (Å²) in [7, 11) is 0. The minimum atomic E-state index is 0.245. The van der Waals surface area contributed by atoms with Crippen LogP contribution in [0, 0.1) is 25.2 Å². The van der Waals surface area contributed by atoms with E-state index in [1.165, 1.54) is 11.8 Å². The van der Waals surface area contributed by atoms with Crippen molar-refractivity contribution >= 4 is 11.8 Å². The third-order valence-corrected chi connectivity index (χ3v) is 4.48. The molecular formula is C19H17N3O2S. The first-order chi connectivity index (χ1) is 12.1. The number of hydrogen-bond donors (Lipinski definition) is 0. The van der Waals surface area contributed by atoms with Crippen LogP contribution >= 0.6 is 11.8 Å². The molecule has 3 rings (SSSR count). The minimum Gasteiger partial charge on any atom is -0.484 e. The molecule has 1 aromatic heterocycles. The lowest BCUT2D eigenvalue weighted by Gasteiger charge is -2.07. The van der Waals surface area contributed by atoms with Crippen molar-refractivity contribution in [3.8, 4) is 11.8 Å². The van der Waals surface area contributed by atoms with Gasteiger partial charge in [0.15, 0.2) is 6.61 Å². The first kappa shape index (κ1) is 17.1. The van der Waals surface area contributed by atoms with E-state index in [0.717, 1.165) is 22.4 Å². The largest absolute Gasteiger partial charge is 0.484 e. The van der Waals surface area contributed by atoms with E-state index in [1.807, 2.05) is 44.2 Å². The summed E-state index contributed by atoms with van der Waals surface area (Å²) in [5.41, 5.74) is 3.96. The van der Waals surface area contributed by atoms with Crippen LogP contribution in [-0.2, 0) is 12.4 Å². The van der Waals surface area contributed by atoms with Gasteiger partial charge in [0.1, 0.15) is 5.75 Å². The number of rotatable bonds is 6. The summed E-state index contributed by atoms with van der Waals surface area (Å²) in [5, 5.41) is 17.4. The zero-order valence-electron chi connectivity index (χ0n) is 14.0. The molecule has 1 heterocycles. The molecule has 2 aromatic carbocycles. The number of aromatic nitrogens is 2. The molecular weight excluding hydrogens is 334 g/mol. The van der Waals surface area contributed by atoms with Crippen LogP contribution < -0.4 is 4.74 Å². The summed E-state index contributed by atoms with van der Waals surface area (Å²) in [5.74, 6) is 1.97. The molecule has 126 valence electrons. The van der Waals surface area contributed by atoms with Crippen LogP contribution in [0.4, 0.5) is 0 Å². The monoisotopic (exact) mass is 351 g/mol. The Hall–Kier alpha value is -2.78. The van der Waals surface area contributed by atoms with Gasteiger partial charge in [-0.15, -0.1) is 10.2 Å². The fourth-order valence-electron chi connectivity index (χ4n) is 2.18. The highest BCUT2D eigenvalue weighted by atomic mass is 32.2. The molecule has 6 heteroatoms. The number of benzene rings is 2. The average molecular weight is 351 g/mol. The van der Waals surface area contributed by atoms with Gasteiger partial charge in [-0.05, 0) is 48.7 Å². The Morgan fingerprint density at radius 2 is 1.92 bits per heavy atom. The van der Waals surface area contributed by atoms with Gasteiger partial charge in [-0.3, -0.25) is 0 Å². The summed E-state index contributed by atoms with van der Waals surface area (Å²) in [6, 6.07) is 15.6. The smallest absolute Gasteiger partial charge is 0.277 e. The maximum atomic E-state index is 8.80. The highest BCUT2D eigenvalue weighted by molar-refractivity contribution is 7.98. The third kappa shape index (κ3) is 4.61. The summed E-state index contributed by atoms with van der Waals surface area (Å²) in [6.07, 6.45) is 0. The first-order valence-electron chi connectivity index (χ1n) is 7.78. The second-order valence-corrected chi connectivity index (χ2v) is 6.54. The molecule has 0 aliphatic heterocycles. The predicted octanol–water partition coefficient (Wildman–Crippen LogP) is 4.43. The molecule has 0 radical (unpaired) electrons. The fourth-order valence-corrected chi connectivity index (χ4v) is 2.91. The Kier molecular flexibility index (Phi) is 5.36. The number of ether oxygens (including phenoxy) is 1. The normalized spacial score (nSPS) is 10.4. The van der Waals surface area contributed by atoms with Crippen molar-refractivity contribution in [3.05, 3.63) is 70.6 Å². The number of nitriles is 1. The molecule has 0 saturated heterocycles. The van der Waals surface area contributed by atoms with E-state index in [4.69, 9.17) is 14.4 Å². The Bertz CT molecular complexity index is 898. The van der Waals surface area contributed by atoms with E-state index in [-0.39, 0.29) is 6.61 Å². The summed E-state index contributed by atoms with van der Waals surface area (Å²) in [4.78, 5) is 0. The van der Waals surface area contributed by atoms with Crippen LogP contribution in [-0.4, -0.2) is 10.2 Å². The lowest BCUT2D eigenvalue weighted by molar-refractivity contribution is 0.250. The lowest BCUT2D eigenvalue weighted by atomic mass is 10.1. The molecule has 3 aromatic rings. The van der Waals surface area contributed by atoms with Crippen LogP contribution in [0.2, 0.25) is 0 Å². The van der Waals surface area contributed by atoms with Crippen molar-refractivity contribution in [3.63, 3.8) is 0 Å². The van der Waals surface area contributed by atoms with Crippen molar-refractivity contribution in [2.45, 2.75) is 31.4 Å². The van der Waals surface area contributed by atoms with Crippen LogP contribution in [0.15, 0.2) is 52.1 Å². The SMILES string of the molecule is Cc1ccc(C)c(OCc2nnc(SCc3ccc(C#N)cc3)o2)c1. The zero-order valence-corrected chi connectivity index (χ0v) is 14.8. The van der Waals surface area contributed by atoms with Gasteiger partial charge < -0.3 is 9.15 Å². The number of hydrogen-bond acceptors (Lipinski definition) is 6. The summed E-state index contributed by atoms with van der Waals surface area (Å²) >= 11 is 1.46. The maximum Gasteiger partial charge on any atom is 0.277 e. The quantitative estimate of drug-likeness (QED) is 0.612. The molecule has 5 nitrogen and oxygen atoms in total. The van der Waals surface area contributed by atoms with Gasteiger partial charge in [0.05, 0.1) is 11.6 Å². The minimum absolute atomic E-state index is 0.245. The second kappa shape index (κ2) is 7.86. The molecule has 0 aliphatic carbocycles. The van der Waals surface area contributed by atoms with Crippen molar-refractivity contribution in [2.75, 3.05) is 0 Å². The van der Waals surface area contributed by atoms with E-state index in [1.54, 1.807) is 12.1 Å². The molecule has 0 spiro atoms. The Labute approximate surface area is 150 Å². The third-order valence-electron chi connectivity index (χ3n) is 3.59. The van der Waals surface area contributed by atoms with Gasteiger partial charge in [0.25, 0.3) is 11.1 Å². The molecule has 0 amide bonds. The highest BCUT2D eigenvalue weighted by Crippen LogP contribution is 2.23. The predicted molar refractivity (Wildman–Crippen MR) is 95.3 cm³/mol. The Morgan fingerprint density at radius 1 is 1.12 bits per heavy atom. The zero-order chi connectivity index (χ0) is 17.6. The van der Waals surface area contributed by atoms with Crippen LogP contribution in [0.1, 0.15) is 28.1 Å². The molecule has 0 unspecified atom stereocenters. The first-order valence-corrected chi connectivity index (χ1v) is 8.77. The van der Waals surface area contributed by atoms with Gasteiger partial charge in [0, 0.05) is 5.75 Å². The van der Waals surface area contributed by atoms with E-state index < -0.39 is 0 Å². The Morgan fingerprint density at radius 3 is 2.68 bits per heavy atom. The van der Waals surface area contributed by atoms with Crippen molar-refractivity contribution in [1.29, 1.82) is 5.26 Å². The standard InChI is InChI=1S/C19H17N3O2S/c1-13-3-4-14(2)17(9-13)23-11-18-21-22-19(24-18)25-12-16-7-5-15(10-20)6-8-16/h3-9H,11-12H2,1-2H3. The van der Waals surface area contributed by atoms with Crippen molar-refractivity contribution in [2.24, 2.45) is 0 Å².